The lowest BCUT2D eigenvalue weighted by molar-refractivity contribution is 0.0916. The van der Waals surface area contributed by atoms with Crippen LogP contribution < -0.4 is 5.32 Å². The highest BCUT2D eigenvalue weighted by Crippen LogP contribution is 2.25. The second-order valence-corrected chi connectivity index (χ2v) is 5.50. The molecule has 1 fully saturated rings. The van der Waals surface area contributed by atoms with Gasteiger partial charge in [0.05, 0.1) is 0 Å². The molecule has 2 atom stereocenters. The lowest BCUT2D eigenvalue weighted by Gasteiger charge is -2.19. The minimum Gasteiger partial charge on any atom is -0.396 e. The van der Waals surface area contributed by atoms with Crippen LogP contribution in [0.2, 0.25) is 0 Å². The molecule has 106 valence electrons. The SMILES string of the molecule is Cc1cnc2cc(C(=O)N[C@H]3CCC[C@H]3CO)ccn12. The quantitative estimate of drug-likeness (QED) is 0.891. The average molecular weight is 273 g/mol. The summed E-state index contributed by atoms with van der Waals surface area (Å²) in [5, 5.41) is 12.3. The number of hydrogen-bond acceptors (Lipinski definition) is 3. The first-order valence-electron chi connectivity index (χ1n) is 7.04. The maximum atomic E-state index is 12.3. The number of rotatable bonds is 3. The number of aliphatic hydroxyl groups is 1. The molecule has 3 rings (SSSR count). The lowest BCUT2D eigenvalue weighted by atomic mass is 10.0. The highest BCUT2D eigenvalue weighted by molar-refractivity contribution is 5.95. The first kappa shape index (κ1) is 13.1. The maximum absolute atomic E-state index is 12.3. The number of carbonyl (C=O) groups is 1. The van der Waals surface area contributed by atoms with Crippen molar-refractivity contribution in [3.8, 4) is 0 Å². The van der Waals surface area contributed by atoms with Gasteiger partial charge in [-0.2, -0.15) is 0 Å². The second-order valence-electron chi connectivity index (χ2n) is 5.50. The van der Waals surface area contributed by atoms with Crippen molar-refractivity contribution in [3.05, 3.63) is 35.8 Å². The summed E-state index contributed by atoms with van der Waals surface area (Å²) in [4.78, 5) is 16.6. The molecule has 0 aliphatic heterocycles. The lowest BCUT2D eigenvalue weighted by Crippen LogP contribution is -2.38. The zero-order valence-electron chi connectivity index (χ0n) is 11.5. The molecule has 0 radical (unpaired) electrons. The van der Waals surface area contributed by atoms with Gasteiger partial charge in [0, 0.05) is 42.2 Å². The van der Waals surface area contributed by atoms with E-state index in [1.807, 2.05) is 17.5 Å². The third kappa shape index (κ3) is 2.29. The van der Waals surface area contributed by atoms with Crippen LogP contribution in [0.1, 0.15) is 35.3 Å². The third-order valence-electron chi connectivity index (χ3n) is 4.17. The molecule has 0 spiro atoms. The van der Waals surface area contributed by atoms with E-state index in [1.54, 1.807) is 18.3 Å². The maximum Gasteiger partial charge on any atom is 0.251 e. The molecule has 1 saturated carbocycles. The number of hydrogen-bond donors (Lipinski definition) is 2. The molecule has 2 aromatic rings. The molecule has 0 aromatic carbocycles. The van der Waals surface area contributed by atoms with Crippen LogP contribution in [0.4, 0.5) is 0 Å². The number of aliphatic hydroxyl groups excluding tert-OH is 1. The van der Waals surface area contributed by atoms with Crippen LogP contribution in [0, 0.1) is 12.8 Å². The number of aromatic nitrogens is 2. The smallest absolute Gasteiger partial charge is 0.251 e. The van der Waals surface area contributed by atoms with Crippen molar-refractivity contribution in [1.82, 2.24) is 14.7 Å². The fourth-order valence-corrected chi connectivity index (χ4v) is 2.95. The molecular formula is C15H19N3O2. The van der Waals surface area contributed by atoms with Crippen molar-refractivity contribution >= 4 is 11.6 Å². The zero-order chi connectivity index (χ0) is 14.1. The van der Waals surface area contributed by atoms with Crippen LogP contribution in [0.5, 0.6) is 0 Å². The fraction of sp³-hybridized carbons (Fsp3) is 0.467. The topological polar surface area (TPSA) is 66.6 Å². The molecule has 2 heterocycles. The monoisotopic (exact) mass is 273 g/mol. The summed E-state index contributed by atoms with van der Waals surface area (Å²) in [6.07, 6.45) is 6.65. The molecule has 1 amide bonds. The number of imidazole rings is 1. The van der Waals surface area contributed by atoms with E-state index in [9.17, 15) is 9.90 Å². The van der Waals surface area contributed by atoms with Gasteiger partial charge in [-0.15, -0.1) is 0 Å². The van der Waals surface area contributed by atoms with E-state index in [0.717, 1.165) is 30.6 Å². The summed E-state index contributed by atoms with van der Waals surface area (Å²) < 4.78 is 1.95. The minimum absolute atomic E-state index is 0.0847. The number of fused-ring (bicyclic) bond motifs is 1. The number of nitrogens with zero attached hydrogens (tertiary/aromatic N) is 2. The Kier molecular flexibility index (Phi) is 3.44. The normalized spacial score (nSPS) is 22.3. The summed E-state index contributed by atoms with van der Waals surface area (Å²) in [6.45, 7) is 2.12. The number of pyridine rings is 1. The first-order valence-corrected chi connectivity index (χ1v) is 7.04. The number of carbonyl (C=O) groups excluding carboxylic acids is 1. The predicted molar refractivity (Wildman–Crippen MR) is 75.6 cm³/mol. The Hall–Kier alpha value is -1.88. The summed E-state index contributed by atoms with van der Waals surface area (Å²) in [7, 11) is 0. The van der Waals surface area contributed by atoms with Crippen LogP contribution in [0.25, 0.3) is 5.65 Å². The van der Waals surface area contributed by atoms with E-state index < -0.39 is 0 Å². The third-order valence-corrected chi connectivity index (χ3v) is 4.17. The van der Waals surface area contributed by atoms with E-state index in [2.05, 4.69) is 10.3 Å². The molecule has 20 heavy (non-hydrogen) atoms. The van der Waals surface area contributed by atoms with Gasteiger partial charge in [-0.1, -0.05) is 6.42 Å². The molecule has 5 nitrogen and oxygen atoms in total. The Bertz CT molecular complexity index is 635. The molecule has 0 unspecified atom stereocenters. The van der Waals surface area contributed by atoms with Gasteiger partial charge in [-0.25, -0.2) is 4.98 Å². The molecule has 2 N–H and O–H groups in total. The Morgan fingerprint density at radius 3 is 3.20 bits per heavy atom. The molecule has 0 bridgehead atoms. The van der Waals surface area contributed by atoms with Crippen LogP contribution in [0.3, 0.4) is 0 Å². The highest BCUT2D eigenvalue weighted by Gasteiger charge is 2.28. The largest absolute Gasteiger partial charge is 0.396 e. The van der Waals surface area contributed by atoms with Crippen LogP contribution in [-0.4, -0.2) is 33.0 Å². The Morgan fingerprint density at radius 1 is 1.55 bits per heavy atom. The van der Waals surface area contributed by atoms with Gasteiger partial charge >= 0.3 is 0 Å². The molecule has 2 aromatic heterocycles. The molecule has 1 aliphatic rings. The zero-order valence-corrected chi connectivity index (χ0v) is 11.5. The van der Waals surface area contributed by atoms with Gasteiger partial charge in [-0.05, 0) is 31.9 Å². The van der Waals surface area contributed by atoms with Crippen molar-refractivity contribution in [1.29, 1.82) is 0 Å². The highest BCUT2D eigenvalue weighted by atomic mass is 16.3. The Balaban J connectivity index is 1.78. The average Bonchev–Trinajstić information content (AvgIpc) is 3.05. The van der Waals surface area contributed by atoms with Crippen molar-refractivity contribution in [2.75, 3.05) is 6.61 Å². The molecule has 5 heteroatoms. The summed E-state index contributed by atoms with van der Waals surface area (Å²) in [5.41, 5.74) is 2.44. The predicted octanol–water partition coefficient (Wildman–Crippen LogP) is 1.53. The van der Waals surface area contributed by atoms with E-state index in [1.165, 1.54) is 0 Å². The van der Waals surface area contributed by atoms with Gasteiger partial charge in [0.25, 0.3) is 5.91 Å². The van der Waals surface area contributed by atoms with Crippen LogP contribution >= 0.6 is 0 Å². The summed E-state index contributed by atoms with van der Waals surface area (Å²) >= 11 is 0. The standard InChI is InChI=1S/C15H19N3O2/c1-10-8-16-14-7-11(5-6-18(10)14)15(20)17-13-4-2-3-12(13)9-19/h5-8,12-13,19H,2-4,9H2,1H3,(H,17,20)/t12-,13-/m0/s1. The summed E-state index contributed by atoms with van der Waals surface area (Å²) in [5.74, 6) is 0.106. The van der Waals surface area contributed by atoms with E-state index >= 15 is 0 Å². The van der Waals surface area contributed by atoms with Crippen molar-refractivity contribution in [3.63, 3.8) is 0 Å². The van der Waals surface area contributed by atoms with Crippen molar-refractivity contribution in [2.45, 2.75) is 32.2 Å². The van der Waals surface area contributed by atoms with Crippen LogP contribution in [0.15, 0.2) is 24.5 Å². The van der Waals surface area contributed by atoms with Gasteiger partial charge in [-0.3, -0.25) is 4.79 Å². The molecule has 0 saturated heterocycles. The number of aryl methyl sites for hydroxylation is 1. The number of amides is 1. The van der Waals surface area contributed by atoms with Crippen molar-refractivity contribution in [2.24, 2.45) is 5.92 Å². The Morgan fingerprint density at radius 2 is 2.40 bits per heavy atom. The van der Waals surface area contributed by atoms with E-state index in [4.69, 9.17) is 0 Å². The van der Waals surface area contributed by atoms with Crippen LogP contribution in [-0.2, 0) is 0 Å². The van der Waals surface area contributed by atoms with Gasteiger partial charge < -0.3 is 14.8 Å². The summed E-state index contributed by atoms with van der Waals surface area (Å²) in [6, 6.07) is 3.69. The first-order chi connectivity index (χ1) is 9.69. The number of nitrogens with one attached hydrogen (secondary N) is 1. The second kappa shape index (κ2) is 5.25. The van der Waals surface area contributed by atoms with Crippen molar-refractivity contribution < 1.29 is 9.90 Å². The molecular weight excluding hydrogens is 254 g/mol. The van der Waals surface area contributed by atoms with Gasteiger partial charge in [0.1, 0.15) is 5.65 Å². The van der Waals surface area contributed by atoms with Gasteiger partial charge in [0.2, 0.25) is 0 Å². The van der Waals surface area contributed by atoms with Gasteiger partial charge in [0.15, 0.2) is 0 Å². The fourth-order valence-electron chi connectivity index (χ4n) is 2.95. The molecule has 1 aliphatic carbocycles. The van der Waals surface area contributed by atoms with E-state index in [-0.39, 0.29) is 24.5 Å². The Labute approximate surface area is 117 Å². The van der Waals surface area contributed by atoms with E-state index in [0.29, 0.717) is 5.56 Å². The minimum atomic E-state index is -0.0847.